The van der Waals surface area contributed by atoms with Crippen molar-refractivity contribution in [1.82, 2.24) is 15.5 Å². The number of aliphatic carboxylic acids is 3. The molecule has 202 valence electrons. The molecular formula is C23H30N4O10. The van der Waals surface area contributed by atoms with Gasteiger partial charge < -0.3 is 41.7 Å². The Labute approximate surface area is 211 Å². The number of carboxylic acid groups (broad SMARTS) is 3. The number of nitrogens with two attached hydrogens (primary N) is 1. The molecule has 0 bridgehead atoms. The Morgan fingerprint density at radius 2 is 1.62 bits per heavy atom. The number of phenols is 1. The highest BCUT2D eigenvalue weighted by Crippen LogP contribution is 2.20. The van der Waals surface area contributed by atoms with Gasteiger partial charge in [0.1, 0.15) is 23.9 Å². The first-order valence-corrected chi connectivity index (χ1v) is 11.5. The van der Waals surface area contributed by atoms with Gasteiger partial charge in [-0.3, -0.25) is 24.0 Å². The highest BCUT2D eigenvalue weighted by Gasteiger charge is 2.38. The monoisotopic (exact) mass is 522 g/mol. The highest BCUT2D eigenvalue weighted by atomic mass is 16.4. The maximum absolute atomic E-state index is 13.1. The molecule has 14 nitrogen and oxygen atoms in total. The fraction of sp³-hybridized carbons (Fsp3) is 0.478. The number of hydrogen-bond acceptors (Lipinski definition) is 8. The fourth-order valence-electron chi connectivity index (χ4n) is 3.93. The Bertz CT molecular complexity index is 1030. The van der Waals surface area contributed by atoms with Crippen LogP contribution in [-0.2, 0) is 35.2 Å². The van der Waals surface area contributed by atoms with Gasteiger partial charge in [-0.2, -0.15) is 0 Å². The first kappa shape index (κ1) is 29.0. The van der Waals surface area contributed by atoms with Gasteiger partial charge in [0.05, 0.1) is 12.5 Å². The Balaban J connectivity index is 2.21. The zero-order valence-corrected chi connectivity index (χ0v) is 19.8. The topological polar surface area (TPSA) is 237 Å². The van der Waals surface area contributed by atoms with Crippen LogP contribution in [-0.4, -0.2) is 91.7 Å². The van der Waals surface area contributed by atoms with Crippen molar-refractivity contribution in [2.45, 2.75) is 62.7 Å². The number of amides is 3. The van der Waals surface area contributed by atoms with Gasteiger partial charge in [0.25, 0.3) is 0 Å². The standard InChI is InChI=1S/C23H30N4O10/c24-14(11-19(31)32)22(35)27-9-1-2-17(27)21(34)26-16(10-12-3-5-13(28)6-4-12)20(33)25-15(23(36)37)7-8-18(29)30/h3-6,14-17,28H,1-2,7-11,24H2,(H,25,33)(H,26,34)(H,29,30)(H,31,32)(H,36,37). The number of phenolic OH excluding ortho intramolecular Hbond substituents is 1. The molecule has 0 spiro atoms. The van der Waals surface area contributed by atoms with Crippen molar-refractivity contribution in [3.05, 3.63) is 29.8 Å². The van der Waals surface area contributed by atoms with Crippen LogP contribution in [0.2, 0.25) is 0 Å². The van der Waals surface area contributed by atoms with Crippen LogP contribution >= 0.6 is 0 Å². The molecule has 1 fully saturated rings. The first-order valence-electron chi connectivity index (χ1n) is 11.5. The molecule has 1 saturated heterocycles. The third-order valence-corrected chi connectivity index (χ3v) is 5.82. The zero-order chi connectivity index (χ0) is 27.7. The van der Waals surface area contributed by atoms with E-state index in [2.05, 4.69) is 10.6 Å². The van der Waals surface area contributed by atoms with E-state index in [1.54, 1.807) is 0 Å². The first-order chi connectivity index (χ1) is 17.4. The van der Waals surface area contributed by atoms with E-state index in [0.29, 0.717) is 12.0 Å². The Hall–Kier alpha value is -4.20. The van der Waals surface area contributed by atoms with Crippen molar-refractivity contribution in [1.29, 1.82) is 0 Å². The van der Waals surface area contributed by atoms with Crippen LogP contribution in [0.25, 0.3) is 0 Å². The van der Waals surface area contributed by atoms with Crippen molar-refractivity contribution >= 4 is 35.6 Å². The summed E-state index contributed by atoms with van der Waals surface area (Å²) in [6.45, 7) is 0.162. The van der Waals surface area contributed by atoms with E-state index in [0.717, 1.165) is 4.90 Å². The van der Waals surface area contributed by atoms with E-state index in [-0.39, 0.29) is 31.6 Å². The summed E-state index contributed by atoms with van der Waals surface area (Å²) in [6, 6.07) is 0.502. The molecule has 2 rings (SSSR count). The molecule has 3 amide bonds. The van der Waals surface area contributed by atoms with Gasteiger partial charge in [0.15, 0.2) is 0 Å². The summed E-state index contributed by atoms with van der Waals surface area (Å²) in [5.41, 5.74) is 6.18. The molecular weight excluding hydrogens is 492 g/mol. The molecule has 4 unspecified atom stereocenters. The molecule has 1 aliphatic heterocycles. The van der Waals surface area contributed by atoms with Gasteiger partial charge in [-0.1, -0.05) is 12.1 Å². The number of carbonyl (C=O) groups is 6. The Morgan fingerprint density at radius 3 is 2.19 bits per heavy atom. The summed E-state index contributed by atoms with van der Waals surface area (Å²) in [5.74, 6) is -6.35. The van der Waals surface area contributed by atoms with Crippen molar-refractivity contribution < 1.29 is 49.2 Å². The predicted molar refractivity (Wildman–Crippen MR) is 125 cm³/mol. The number of carboxylic acids is 3. The van der Waals surface area contributed by atoms with Gasteiger partial charge in [0, 0.05) is 19.4 Å². The third-order valence-electron chi connectivity index (χ3n) is 5.82. The van der Waals surface area contributed by atoms with Crippen LogP contribution in [0.5, 0.6) is 5.75 Å². The number of carbonyl (C=O) groups excluding carboxylic acids is 3. The van der Waals surface area contributed by atoms with Gasteiger partial charge in [-0.15, -0.1) is 0 Å². The quantitative estimate of drug-likeness (QED) is 0.160. The molecule has 1 aliphatic rings. The number of likely N-dealkylation sites (tertiary alicyclic amines) is 1. The predicted octanol–water partition coefficient (Wildman–Crippen LogP) is -1.35. The van der Waals surface area contributed by atoms with Crippen LogP contribution in [0.3, 0.4) is 0 Å². The van der Waals surface area contributed by atoms with Crippen LogP contribution < -0.4 is 16.4 Å². The molecule has 0 aromatic heterocycles. The van der Waals surface area contributed by atoms with E-state index in [9.17, 15) is 39.0 Å². The fourth-order valence-corrected chi connectivity index (χ4v) is 3.93. The van der Waals surface area contributed by atoms with Crippen LogP contribution in [0.4, 0.5) is 0 Å². The number of rotatable bonds is 13. The van der Waals surface area contributed by atoms with Gasteiger partial charge in [-0.25, -0.2) is 4.79 Å². The van der Waals surface area contributed by atoms with Gasteiger partial charge in [-0.05, 0) is 37.0 Å². The molecule has 0 aliphatic carbocycles. The number of benzene rings is 1. The lowest BCUT2D eigenvalue weighted by Crippen LogP contribution is -2.57. The van der Waals surface area contributed by atoms with E-state index >= 15 is 0 Å². The second-order valence-corrected chi connectivity index (χ2v) is 8.66. The summed E-state index contributed by atoms with van der Waals surface area (Å²) in [6.07, 6.45) is -0.953. The van der Waals surface area contributed by atoms with Crippen molar-refractivity contribution in [2.75, 3.05) is 6.54 Å². The second kappa shape index (κ2) is 13.2. The average molecular weight is 523 g/mol. The molecule has 0 radical (unpaired) electrons. The van der Waals surface area contributed by atoms with Crippen LogP contribution in [0.15, 0.2) is 24.3 Å². The SMILES string of the molecule is NC(CC(=O)O)C(=O)N1CCCC1C(=O)NC(Cc1ccc(O)cc1)C(=O)NC(CCC(=O)O)C(=O)O. The lowest BCUT2D eigenvalue weighted by molar-refractivity contribution is -0.144. The lowest BCUT2D eigenvalue weighted by Gasteiger charge is -2.28. The van der Waals surface area contributed by atoms with Crippen LogP contribution in [0, 0.1) is 0 Å². The van der Waals surface area contributed by atoms with Crippen molar-refractivity contribution in [3.63, 3.8) is 0 Å². The molecule has 1 aromatic rings. The minimum absolute atomic E-state index is 0.0359. The second-order valence-electron chi connectivity index (χ2n) is 8.66. The lowest BCUT2D eigenvalue weighted by atomic mass is 10.0. The Kier molecular flexibility index (Phi) is 10.4. The molecule has 0 saturated carbocycles. The smallest absolute Gasteiger partial charge is 0.326 e. The summed E-state index contributed by atoms with van der Waals surface area (Å²) in [5, 5.41) is 41.4. The number of hydrogen-bond donors (Lipinski definition) is 7. The molecule has 1 heterocycles. The van der Waals surface area contributed by atoms with Crippen molar-refractivity contribution in [3.8, 4) is 5.75 Å². The Morgan fingerprint density at radius 1 is 0.973 bits per heavy atom. The molecule has 8 N–H and O–H groups in total. The zero-order valence-electron chi connectivity index (χ0n) is 19.8. The van der Waals surface area contributed by atoms with Gasteiger partial charge in [0.2, 0.25) is 17.7 Å². The van der Waals surface area contributed by atoms with E-state index in [4.69, 9.17) is 15.9 Å². The minimum atomic E-state index is -1.53. The molecule has 37 heavy (non-hydrogen) atoms. The third kappa shape index (κ3) is 8.75. The summed E-state index contributed by atoms with van der Waals surface area (Å²) < 4.78 is 0. The minimum Gasteiger partial charge on any atom is -0.508 e. The number of nitrogens with one attached hydrogen (secondary N) is 2. The normalized spacial score (nSPS) is 17.3. The van der Waals surface area contributed by atoms with E-state index < -0.39 is 72.6 Å². The van der Waals surface area contributed by atoms with Crippen LogP contribution in [0.1, 0.15) is 37.7 Å². The summed E-state index contributed by atoms with van der Waals surface area (Å²) in [4.78, 5) is 73.2. The molecule has 14 heteroatoms. The number of nitrogens with zero attached hydrogens (tertiary/aromatic N) is 1. The van der Waals surface area contributed by atoms with E-state index in [1.165, 1.54) is 24.3 Å². The van der Waals surface area contributed by atoms with E-state index in [1.807, 2.05) is 0 Å². The maximum atomic E-state index is 13.1. The summed E-state index contributed by atoms with van der Waals surface area (Å²) >= 11 is 0. The number of aromatic hydroxyl groups is 1. The summed E-state index contributed by atoms with van der Waals surface area (Å²) in [7, 11) is 0. The van der Waals surface area contributed by atoms with Crippen molar-refractivity contribution in [2.24, 2.45) is 5.73 Å². The molecule has 4 atom stereocenters. The highest BCUT2D eigenvalue weighted by molar-refractivity contribution is 5.95. The molecule has 1 aromatic carbocycles. The maximum Gasteiger partial charge on any atom is 0.326 e. The average Bonchev–Trinajstić information content (AvgIpc) is 3.31. The van der Waals surface area contributed by atoms with Gasteiger partial charge >= 0.3 is 17.9 Å². The largest absolute Gasteiger partial charge is 0.508 e.